The Balaban J connectivity index is 1.70. The van der Waals surface area contributed by atoms with Gasteiger partial charge in [0.1, 0.15) is 5.60 Å². The Hall–Kier alpha value is -1.07. The second kappa shape index (κ2) is 8.15. The highest BCUT2D eigenvalue weighted by atomic mass is 16.6. The Kier molecular flexibility index (Phi) is 6.48. The Morgan fingerprint density at radius 2 is 2.00 bits per heavy atom. The fourth-order valence-electron chi connectivity index (χ4n) is 3.09. The van der Waals surface area contributed by atoms with E-state index < -0.39 is 5.60 Å². The molecule has 0 aromatic rings. The Bertz CT molecular complexity index is 420. The zero-order chi connectivity index (χ0) is 16.9. The highest BCUT2D eigenvalue weighted by molar-refractivity contribution is 5.68. The third kappa shape index (κ3) is 6.15. The molecule has 2 heterocycles. The molecule has 5 heteroatoms. The second-order valence-corrected chi connectivity index (χ2v) is 7.63. The molecule has 2 rings (SSSR count). The zero-order valence-electron chi connectivity index (χ0n) is 15.2. The SMILES string of the molecule is CCN1CCC(NCC2=CCN(C(=O)OC(C)(C)C)CC2)CC1. The van der Waals surface area contributed by atoms with Crippen molar-refractivity contribution in [3.63, 3.8) is 0 Å². The molecule has 2 aliphatic rings. The fraction of sp³-hybridized carbons (Fsp3) is 0.833. The number of carbonyl (C=O) groups is 1. The van der Waals surface area contributed by atoms with Crippen LogP contribution in [0, 0.1) is 0 Å². The van der Waals surface area contributed by atoms with Crippen LogP contribution in [0.4, 0.5) is 4.79 Å². The van der Waals surface area contributed by atoms with Crippen LogP contribution in [0.3, 0.4) is 0 Å². The van der Waals surface area contributed by atoms with Crippen LogP contribution in [0.1, 0.15) is 47.0 Å². The highest BCUT2D eigenvalue weighted by Crippen LogP contribution is 2.16. The molecule has 1 fully saturated rings. The van der Waals surface area contributed by atoms with E-state index in [9.17, 15) is 4.79 Å². The molecule has 1 saturated heterocycles. The number of hydrogen-bond donors (Lipinski definition) is 1. The molecule has 5 nitrogen and oxygen atoms in total. The van der Waals surface area contributed by atoms with Crippen molar-refractivity contribution in [1.82, 2.24) is 15.1 Å². The van der Waals surface area contributed by atoms with Gasteiger partial charge in [0.15, 0.2) is 0 Å². The summed E-state index contributed by atoms with van der Waals surface area (Å²) in [6.45, 7) is 13.9. The topological polar surface area (TPSA) is 44.8 Å². The molecular formula is C18H33N3O2. The lowest BCUT2D eigenvalue weighted by atomic mass is 10.0. The summed E-state index contributed by atoms with van der Waals surface area (Å²) in [7, 11) is 0. The highest BCUT2D eigenvalue weighted by Gasteiger charge is 2.24. The van der Waals surface area contributed by atoms with E-state index in [1.54, 1.807) is 4.90 Å². The molecule has 2 aliphatic heterocycles. The maximum absolute atomic E-state index is 12.0. The summed E-state index contributed by atoms with van der Waals surface area (Å²) in [6.07, 6.45) is 5.41. The summed E-state index contributed by atoms with van der Waals surface area (Å²) >= 11 is 0. The molecule has 1 N–H and O–H groups in total. The number of nitrogens with one attached hydrogen (secondary N) is 1. The molecule has 0 spiro atoms. The Morgan fingerprint density at radius 1 is 1.30 bits per heavy atom. The van der Waals surface area contributed by atoms with Gasteiger partial charge in [-0.1, -0.05) is 18.6 Å². The summed E-state index contributed by atoms with van der Waals surface area (Å²) in [5.74, 6) is 0. The van der Waals surface area contributed by atoms with Crippen LogP contribution in [0.25, 0.3) is 0 Å². The van der Waals surface area contributed by atoms with E-state index in [2.05, 4.69) is 23.2 Å². The molecule has 0 radical (unpaired) electrons. The fourth-order valence-corrected chi connectivity index (χ4v) is 3.09. The van der Waals surface area contributed by atoms with E-state index >= 15 is 0 Å². The van der Waals surface area contributed by atoms with Crippen molar-refractivity contribution in [2.75, 3.05) is 39.3 Å². The largest absolute Gasteiger partial charge is 0.444 e. The Morgan fingerprint density at radius 3 is 2.52 bits per heavy atom. The summed E-state index contributed by atoms with van der Waals surface area (Å²) < 4.78 is 5.43. The van der Waals surface area contributed by atoms with Crippen molar-refractivity contribution < 1.29 is 9.53 Å². The number of carbonyl (C=O) groups excluding carboxylic acids is 1. The molecule has 0 unspecified atom stereocenters. The standard InChI is InChI=1S/C18H33N3O2/c1-5-20-10-8-16(9-11-20)19-14-15-6-12-21(13-7-15)17(22)23-18(2,3)4/h6,16,19H,5,7-14H2,1-4H3. The van der Waals surface area contributed by atoms with Gasteiger partial charge < -0.3 is 19.9 Å². The number of amides is 1. The number of hydrogen-bond acceptors (Lipinski definition) is 4. The first kappa shape index (κ1) is 18.3. The number of likely N-dealkylation sites (tertiary alicyclic amines) is 1. The molecule has 0 saturated carbocycles. The van der Waals surface area contributed by atoms with Crippen LogP contribution in [-0.4, -0.2) is 66.8 Å². The minimum absolute atomic E-state index is 0.201. The van der Waals surface area contributed by atoms with Crippen LogP contribution in [-0.2, 0) is 4.74 Å². The van der Waals surface area contributed by atoms with Gasteiger partial charge in [0.05, 0.1) is 0 Å². The maximum atomic E-state index is 12.0. The molecule has 132 valence electrons. The van der Waals surface area contributed by atoms with Gasteiger partial charge in [0.25, 0.3) is 0 Å². The van der Waals surface area contributed by atoms with E-state index in [4.69, 9.17) is 4.74 Å². The minimum atomic E-state index is -0.421. The summed E-state index contributed by atoms with van der Waals surface area (Å²) in [4.78, 5) is 16.3. The number of piperidine rings is 1. The van der Waals surface area contributed by atoms with Crippen molar-refractivity contribution in [3.05, 3.63) is 11.6 Å². The first-order valence-electron chi connectivity index (χ1n) is 8.99. The van der Waals surface area contributed by atoms with Gasteiger partial charge in [0, 0.05) is 25.7 Å². The lowest BCUT2D eigenvalue weighted by Gasteiger charge is -2.33. The van der Waals surface area contributed by atoms with Crippen LogP contribution in [0.2, 0.25) is 0 Å². The van der Waals surface area contributed by atoms with Crippen molar-refractivity contribution >= 4 is 6.09 Å². The van der Waals surface area contributed by atoms with E-state index in [1.165, 1.54) is 38.0 Å². The monoisotopic (exact) mass is 323 g/mol. The smallest absolute Gasteiger partial charge is 0.410 e. The third-order valence-electron chi connectivity index (χ3n) is 4.61. The number of nitrogens with zero attached hydrogens (tertiary/aromatic N) is 2. The molecular weight excluding hydrogens is 290 g/mol. The predicted molar refractivity (Wildman–Crippen MR) is 93.6 cm³/mol. The molecule has 0 aromatic heterocycles. The van der Waals surface area contributed by atoms with E-state index in [1.807, 2.05) is 20.8 Å². The van der Waals surface area contributed by atoms with Gasteiger partial charge in [-0.05, 0) is 59.7 Å². The van der Waals surface area contributed by atoms with Crippen LogP contribution < -0.4 is 5.32 Å². The average molecular weight is 323 g/mol. The quantitative estimate of drug-likeness (QED) is 0.808. The van der Waals surface area contributed by atoms with E-state index in [0.29, 0.717) is 12.6 Å². The van der Waals surface area contributed by atoms with Gasteiger partial charge in [-0.3, -0.25) is 0 Å². The van der Waals surface area contributed by atoms with Crippen molar-refractivity contribution in [2.24, 2.45) is 0 Å². The Labute approximate surface area is 141 Å². The molecule has 0 bridgehead atoms. The van der Waals surface area contributed by atoms with Gasteiger partial charge in [0.2, 0.25) is 0 Å². The summed E-state index contributed by atoms with van der Waals surface area (Å²) in [5.41, 5.74) is 0.999. The molecule has 0 atom stereocenters. The number of rotatable bonds is 4. The van der Waals surface area contributed by atoms with E-state index in [-0.39, 0.29) is 6.09 Å². The maximum Gasteiger partial charge on any atom is 0.410 e. The van der Waals surface area contributed by atoms with Crippen LogP contribution >= 0.6 is 0 Å². The molecule has 0 aromatic carbocycles. The van der Waals surface area contributed by atoms with Gasteiger partial charge in [-0.2, -0.15) is 0 Å². The zero-order valence-corrected chi connectivity index (χ0v) is 15.2. The summed E-state index contributed by atoms with van der Waals surface area (Å²) in [6, 6.07) is 0.641. The van der Waals surface area contributed by atoms with Crippen molar-refractivity contribution in [1.29, 1.82) is 0 Å². The molecule has 1 amide bonds. The van der Waals surface area contributed by atoms with Crippen LogP contribution in [0.5, 0.6) is 0 Å². The molecule has 0 aliphatic carbocycles. The summed E-state index contributed by atoms with van der Waals surface area (Å²) in [5, 5.41) is 3.69. The third-order valence-corrected chi connectivity index (χ3v) is 4.61. The van der Waals surface area contributed by atoms with E-state index in [0.717, 1.165) is 19.5 Å². The average Bonchev–Trinajstić information content (AvgIpc) is 2.52. The van der Waals surface area contributed by atoms with Crippen molar-refractivity contribution in [2.45, 2.75) is 58.6 Å². The molecule has 23 heavy (non-hydrogen) atoms. The van der Waals surface area contributed by atoms with Gasteiger partial charge >= 0.3 is 6.09 Å². The van der Waals surface area contributed by atoms with Crippen LogP contribution in [0.15, 0.2) is 11.6 Å². The normalized spacial score (nSPS) is 21.2. The van der Waals surface area contributed by atoms with Crippen molar-refractivity contribution in [3.8, 4) is 0 Å². The minimum Gasteiger partial charge on any atom is -0.444 e. The first-order chi connectivity index (χ1) is 10.9. The number of ether oxygens (including phenoxy) is 1. The first-order valence-corrected chi connectivity index (χ1v) is 8.99. The second-order valence-electron chi connectivity index (χ2n) is 7.63. The van der Waals surface area contributed by atoms with Gasteiger partial charge in [-0.15, -0.1) is 0 Å². The lowest BCUT2D eigenvalue weighted by Crippen LogP contribution is -2.44. The predicted octanol–water partition coefficient (Wildman–Crippen LogP) is 2.63. The lowest BCUT2D eigenvalue weighted by molar-refractivity contribution is 0.0265. The van der Waals surface area contributed by atoms with Gasteiger partial charge in [-0.25, -0.2) is 4.79 Å².